The third-order valence-electron chi connectivity index (χ3n) is 12.3. The van der Waals surface area contributed by atoms with E-state index in [-0.39, 0.29) is 0 Å². The van der Waals surface area contributed by atoms with E-state index in [0.717, 1.165) is 39.0 Å². The number of rotatable bonds is 6. The van der Waals surface area contributed by atoms with Crippen LogP contribution in [0, 0.1) is 6.92 Å². The smallest absolute Gasteiger partial charge is 0.159 e. The summed E-state index contributed by atoms with van der Waals surface area (Å²) in [6, 6.07) is 75.0. The van der Waals surface area contributed by atoms with Gasteiger partial charge < -0.3 is 9.32 Å². The Bertz CT molecular complexity index is 3440. The van der Waals surface area contributed by atoms with E-state index in [1.807, 2.05) is 6.07 Å². The Balaban J connectivity index is 1.02. The fraction of sp³-hybridized carbons (Fsp3) is 0.0175. The summed E-state index contributed by atoms with van der Waals surface area (Å²) in [5, 5.41) is 7.16. The van der Waals surface area contributed by atoms with Crippen molar-refractivity contribution in [3.05, 3.63) is 212 Å². The summed E-state index contributed by atoms with van der Waals surface area (Å²) in [5.41, 5.74) is 18.7. The highest BCUT2D eigenvalue weighted by Crippen LogP contribution is 2.52. The van der Waals surface area contributed by atoms with E-state index >= 15 is 0 Å². The van der Waals surface area contributed by atoms with Crippen molar-refractivity contribution in [2.24, 2.45) is 0 Å². The monoisotopic (exact) mass is 751 g/mol. The normalized spacial score (nSPS) is 11.8. The highest BCUT2D eigenvalue weighted by Gasteiger charge is 2.26. The van der Waals surface area contributed by atoms with Gasteiger partial charge in [-0.05, 0) is 156 Å². The molecule has 1 aromatic heterocycles. The number of nitrogens with zero attached hydrogens (tertiary/aromatic N) is 1. The Morgan fingerprint density at radius 1 is 0.339 bits per heavy atom. The van der Waals surface area contributed by atoms with Crippen LogP contribution in [0.3, 0.4) is 0 Å². The maximum atomic E-state index is 6.70. The van der Waals surface area contributed by atoms with Crippen LogP contribution in [-0.2, 0) is 0 Å². The standard InChI is InChI=1S/C57H37NO/c1-36-24-25-41(37-14-5-2-6-15-37)35-55(36)58(54-22-13-21-47-46-20-11-12-23-56(46)59-57(47)54)45-27-26-40-29-50-51(32-42(40)28-45)53-34-44-31-49(39-18-9-4-10-19-39)48(30-43(44)33-52(50)53)38-16-7-3-8-17-38/h2-35H,1H3. The molecule has 0 N–H and O–H groups in total. The van der Waals surface area contributed by atoms with E-state index in [1.54, 1.807) is 0 Å². The van der Waals surface area contributed by atoms with Crippen LogP contribution >= 0.6 is 0 Å². The Kier molecular flexibility index (Phi) is 7.48. The van der Waals surface area contributed by atoms with Gasteiger partial charge in [-0.15, -0.1) is 0 Å². The van der Waals surface area contributed by atoms with E-state index in [9.17, 15) is 0 Å². The minimum Gasteiger partial charge on any atom is -0.454 e. The predicted octanol–water partition coefficient (Wildman–Crippen LogP) is 16.3. The maximum Gasteiger partial charge on any atom is 0.159 e. The molecule has 276 valence electrons. The molecular formula is C57H37NO. The van der Waals surface area contributed by atoms with Crippen LogP contribution in [0.25, 0.3) is 99.1 Å². The number of fused-ring (bicyclic) bond motifs is 9. The quantitative estimate of drug-likeness (QED) is 0.168. The molecule has 0 saturated heterocycles. The average molecular weight is 752 g/mol. The van der Waals surface area contributed by atoms with E-state index < -0.39 is 0 Å². The van der Waals surface area contributed by atoms with Crippen molar-refractivity contribution in [2.45, 2.75) is 6.92 Å². The molecule has 0 bridgehead atoms. The van der Waals surface area contributed by atoms with Gasteiger partial charge in [-0.1, -0.05) is 140 Å². The summed E-state index contributed by atoms with van der Waals surface area (Å²) in [6.45, 7) is 2.20. The van der Waals surface area contributed by atoms with Gasteiger partial charge in [0.1, 0.15) is 5.58 Å². The average Bonchev–Trinajstić information content (AvgIpc) is 3.68. The van der Waals surface area contributed by atoms with Crippen LogP contribution in [0.1, 0.15) is 5.56 Å². The number of aryl methyl sites for hydroxylation is 1. The van der Waals surface area contributed by atoms with E-state index in [4.69, 9.17) is 4.42 Å². The van der Waals surface area contributed by atoms with Gasteiger partial charge in [0.05, 0.1) is 5.69 Å². The Hall–Kier alpha value is -7.68. The van der Waals surface area contributed by atoms with Crippen molar-refractivity contribution >= 4 is 60.5 Å². The number of para-hydroxylation sites is 2. The minimum atomic E-state index is 0.876. The Morgan fingerprint density at radius 3 is 1.51 bits per heavy atom. The second-order valence-electron chi connectivity index (χ2n) is 15.8. The second-order valence-corrected chi connectivity index (χ2v) is 15.8. The predicted molar refractivity (Wildman–Crippen MR) is 249 cm³/mol. The first-order valence-corrected chi connectivity index (χ1v) is 20.3. The van der Waals surface area contributed by atoms with E-state index in [2.05, 4.69) is 212 Å². The number of anilines is 3. The van der Waals surface area contributed by atoms with Gasteiger partial charge in [0.25, 0.3) is 0 Å². The van der Waals surface area contributed by atoms with Crippen molar-refractivity contribution in [1.82, 2.24) is 0 Å². The molecule has 1 aliphatic rings. The molecule has 2 heteroatoms. The van der Waals surface area contributed by atoms with Crippen molar-refractivity contribution in [2.75, 3.05) is 4.90 Å². The summed E-state index contributed by atoms with van der Waals surface area (Å²) < 4.78 is 6.70. The van der Waals surface area contributed by atoms with Crippen LogP contribution in [0.4, 0.5) is 17.1 Å². The lowest BCUT2D eigenvalue weighted by atomic mass is 9.77. The summed E-state index contributed by atoms with van der Waals surface area (Å²) >= 11 is 0. The molecule has 0 unspecified atom stereocenters. The number of hydrogen-bond donors (Lipinski definition) is 0. The molecule has 0 atom stereocenters. The van der Waals surface area contributed by atoms with Gasteiger partial charge in [-0.2, -0.15) is 0 Å². The highest BCUT2D eigenvalue weighted by molar-refractivity contribution is 6.14. The van der Waals surface area contributed by atoms with Crippen molar-refractivity contribution < 1.29 is 4.42 Å². The molecule has 0 saturated carbocycles. The lowest BCUT2D eigenvalue weighted by molar-refractivity contribution is 0.669. The number of furan rings is 1. The Labute approximate surface area is 342 Å². The zero-order valence-corrected chi connectivity index (χ0v) is 32.5. The third kappa shape index (κ3) is 5.41. The van der Waals surface area contributed by atoms with Gasteiger partial charge in [-0.3, -0.25) is 0 Å². The molecule has 1 aliphatic carbocycles. The number of benzene rings is 10. The molecule has 0 spiro atoms. The van der Waals surface area contributed by atoms with E-state index in [0.29, 0.717) is 0 Å². The first-order chi connectivity index (χ1) is 29.1. The van der Waals surface area contributed by atoms with Crippen LogP contribution in [-0.4, -0.2) is 0 Å². The molecule has 12 rings (SSSR count). The lowest BCUT2D eigenvalue weighted by Crippen LogP contribution is -2.12. The Morgan fingerprint density at radius 2 is 0.864 bits per heavy atom. The SMILES string of the molecule is Cc1ccc(-c2ccccc2)cc1N(c1ccc2cc3c(cc2c1)-c1cc2cc(-c4ccccc4)c(-c4ccccc4)cc2cc1-3)c1cccc2c1oc1ccccc12. The molecule has 59 heavy (non-hydrogen) atoms. The van der Waals surface area contributed by atoms with Crippen LogP contribution < -0.4 is 4.90 Å². The largest absolute Gasteiger partial charge is 0.454 e. The van der Waals surface area contributed by atoms with Crippen LogP contribution in [0.5, 0.6) is 0 Å². The van der Waals surface area contributed by atoms with Crippen LogP contribution in [0.15, 0.2) is 211 Å². The molecule has 0 aliphatic heterocycles. The van der Waals surface area contributed by atoms with Gasteiger partial charge >= 0.3 is 0 Å². The van der Waals surface area contributed by atoms with Gasteiger partial charge in [0.15, 0.2) is 5.58 Å². The zero-order valence-electron chi connectivity index (χ0n) is 32.5. The molecule has 1 heterocycles. The third-order valence-corrected chi connectivity index (χ3v) is 12.3. The van der Waals surface area contributed by atoms with Crippen molar-refractivity contribution in [1.29, 1.82) is 0 Å². The molecule has 2 nitrogen and oxygen atoms in total. The molecule has 0 amide bonds. The molecule has 11 aromatic rings. The van der Waals surface area contributed by atoms with Crippen molar-refractivity contribution in [3.8, 4) is 55.6 Å². The van der Waals surface area contributed by atoms with Crippen LogP contribution in [0.2, 0.25) is 0 Å². The lowest BCUT2D eigenvalue weighted by Gasteiger charge is -2.29. The fourth-order valence-corrected chi connectivity index (χ4v) is 9.29. The first kappa shape index (κ1) is 33.5. The van der Waals surface area contributed by atoms with Crippen molar-refractivity contribution in [3.63, 3.8) is 0 Å². The summed E-state index contributed by atoms with van der Waals surface area (Å²) in [5.74, 6) is 0. The van der Waals surface area contributed by atoms with Gasteiger partial charge in [0.2, 0.25) is 0 Å². The molecule has 0 radical (unpaired) electrons. The topological polar surface area (TPSA) is 16.4 Å². The second kappa shape index (κ2) is 13.2. The zero-order chi connectivity index (χ0) is 39.0. The van der Waals surface area contributed by atoms with Gasteiger partial charge in [-0.25, -0.2) is 0 Å². The minimum absolute atomic E-state index is 0.876. The molecule has 0 fully saturated rings. The summed E-state index contributed by atoms with van der Waals surface area (Å²) in [4.78, 5) is 2.39. The first-order valence-electron chi connectivity index (χ1n) is 20.3. The molecular weight excluding hydrogens is 715 g/mol. The maximum absolute atomic E-state index is 6.70. The summed E-state index contributed by atoms with van der Waals surface area (Å²) in [6.07, 6.45) is 0. The van der Waals surface area contributed by atoms with Gasteiger partial charge in [0, 0.05) is 22.1 Å². The number of hydrogen-bond acceptors (Lipinski definition) is 2. The fourth-order valence-electron chi connectivity index (χ4n) is 9.29. The molecule has 10 aromatic carbocycles. The summed E-state index contributed by atoms with van der Waals surface area (Å²) in [7, 11) is 0. The van der Waals surface area contributed by atoms with E-state index in [1.165, 1.54) is 82.7 Å². The highest BCUT2D eigenvalue weighted by atomic mass is 16.3.